The van der Waals surface area contributed by atoms with Crippen molar-refractivity contribution in [3.63, 3.8) is 0 Å². The third-order valence-electron chi connectivity index (χ3n) is 4.72. The van der Waals surface area contributed by atoms with Crippen LogP contribution in [0.25, 0.3) is 16.5 Å². The van der Waals surface area contributed by atoms with Crippen LogP contribution in [0.2, 0.25) is 0 Å². The van der Waals surface area contributed by atoms with E-state index in [1.807, 2.05) is 0 Å². The van der Waals surface area contributed by atoms with Crippen LogP contribution in [0.3, 0.4) is 0 Å². The summed E-state index contributed by atoms with van der Waals surface area (Å²) in [4.78, 5) is 32.2. The molecule has 28 heavy (non-hydrogen) atoms. The molecule has 0 bridgehead atoms. The van der Waals surface area contributed by atoms with Crippen LogP contribution >= 0.6 is 0 Å². The van der Waals surface area contributed by atoms with Crippen LogP contribution in [0.1, 0.15) is 35.3 Å². The molecule has 1 amide bonds. The number of rotatable bonds is 4. The van der Waals surface area contributed by atoms with E-state index >= 15 is 0 Å². The minimum Gasteiger partial charge on any atom is -0.345 e. The van der Waals surface area contributed by atoms with Crippen LogP contribution in [-0.2, 0) is 4.79 Å². The molecule has 5 nitrogen and oxygen atoms in total. The Bertz CT molecular complexity index is 1170. The van der Waals surface area contributed by atoms with E-state index in [4.69, 9.17) is 0 Å². The highest BCUT2D eigenvalue weighted by atomic mass is 19.1. The number of carbonyl (C=O) groups excluding carboxylic acids is 1. The van der Waals surface area contributed by atoms with Crippen molar-refractivity contribution in [1.29, 1.82) is 0 Å². The van der Waals surface area contributed by atoms with Crippen molar-refractivity contribution in [3.05, 3.63) is 81.4 Å². The quantitative estimate of drug-likeness (QED) is 0.675. The van der Waals surface area contributed by atoms with Gasteiger partial charge in [0.1, 0.15) is 11.6 Å². The van der Waals surface area contributed by atoms with Gasteiger partial charge in [-0.1, -0.05) is 12.6 Å². The van der Waals surface area contributed by atoms with Crippen LogP contribution in [0.4, 0.5) is 8.78 Å². The van der Waals surface area contributed by atoms with Gasteiger partial charge in [-0.05, 0) is 38.5 Å². The summed E-state index contributed by atoms with van der Waals surface area (Å²) in [7, 11) is 0. The summed E-state index contributed by atoms with van der Waals surface area (Å²) in [6.45, 7) is 8.85. The first-order valence-corrected chi connectivity index (χ1v) is 8.64. The number of hydrogen-bond donors (Lipinski definition) is 2. The summed E-state index contributed by atoms with van der Waals surface area (Å²) in [5, 5.41) is 3.34. The normalized spacial score (nSPS) is 12.0. The molecule has 3 rings (SSSR count). The number of benzene rings is 1. The number of aromatic nitrogens is 2. The zero-order valence-electron chi connectivity index (χ0n) is 15.7. The minimum atomic E-state index is -0.764. The predicted molar refractivity (Wildman–Crippen MR) is 104 cm³/mol. The zero-order valence-corrected chi connectivity index (χ0v) is 15.7. The number of fused-ring (bicyclic) bond motifs is 1. The summed E-state index contributed by atoms with van der Waals surface area (Å²) >= 11 is 0. The summed E-state index contributed by atoms with van der Waals surface area (Å²) < 4.78 is 27.0. The maximum atomic E-state index is 13.9. The Hall–Kier alpha value is -3.35. The fourth-order valence-corrected chi connectivity index (χ4v) is 3.32. The number of hydrogen-bond acceptors (Lipinski definition) is 3. The van der Waals surface area contributed by atoms with E-state index in [9.17, 15) is 18.4 Å². The number of aromatic amines is 1. The van der Waals surface area contributed by atoms with Crippen LogP contribution in [0.15, 0.2) is 41.8 Å². The van der Waals surface area contributed by atoms with Crippen LogP contribution in [0.5, 0.6) is 0 Å². The summed E-state index contributed by atoms with van der Waals surface area (Å²) in [5.41, 5.74) is 1.70. The number of halogens is 2. The molecule has 0 aliphatic rings. The van der Waals surface area contributed by atoms with Gasteiger partial charge in [0.05, 0.1) is 17.1 Å². The highest BCUT2D eigenvalue weighted by molar-refractivity contribution is 6.19. The minimum absolute atomic E-state index is 0.0433. The van der Waals surface area contributed by atoms with Crippen LogP contribution in [-0.4, -0.2) is 15.9 Å². The lowest BCUT2D eigenvalue weighted by Crippen LogP contribution is -2.30. The Morgan fingerprint density at radius 2 is 1.96 bits per heavy atom. The van der Waals surface area contributed by atoms with E-state index in [-0.39, 0.29) is 16.7 Å². The van der Waals surface area contributed by atoms with E-state index in [2.05, 4.69) is 21.9 Å². The predicted octanol–water partition coefficient (Wildman–Crippen LogP) is 3.71. The van der Waals surface area contributed by atoms with Gasteiger partial charge in [0, 0.05) is 34.5 Å². The molecule has 2 aromatic heterocycles. The Morgan fingerprint density at radius 3 is 2.64 bits per heavy atom. The second-order valence-electron chi connectivity index (χ2n) is 6.61. The Balaban J connectivity index is 1.94. The van der Waals surface area contributed by atoms with Gasteiger partial charge in [0.2, 0.25) is 0 Å². The van der Waals surface area contributed by atoms with Crippen molar-refractivity contribution >= 4 is 22.4 Å². The van der Waals surface area contributed by atoms with E-state index in [1.165, 1.54) is 6.07 Å². The first kappa shape index (κ1) is 19.4. The van der Waals surface area contributed by atoms with E-state index in [0.29, 0.717) is 16.8 Å². The topological polar surface area (TPSA) is 74.8 Å². The van der Waals surface area contributed by atoms with E-state index < -0.39 is 29.1 Å². The molecule has 1 aromatic carbocycles. The summed E-state index contributed by atoms with van der Waals surface area (Å²) in [6, 6.07) is 4.07. The lowest BCUT2D eigenvalue weighted by atomic mass is 9.98. The van der Waals surface area contributed by atoms with Gasteiger partial charge in [-0.15, -0.1) is 0 Å². The molecule has 0 spiro atoms. The van der Waals surface area contributed by atoms with Crippen LogP contribution < -0.4 is 10.9 Å². The Morgan fingerprint density at radius 1 is 1.25 bits per heavy atom. The van der Waals surface area contributed by atoms with Gasteiger partial charge in [-0.2, -0.15) is 0 Å². The van der Waals surface area contributed by atoms with Gasteiger partial charge in [-0.25, -0.2) is 8.78 Å². The van der Waals surface area contributed by atoms with Crippen molar-refractivity contribution in [1.82, 2.24) is 15.3 Å². The lowest BCUT2D eigenvalue weighted by molar-refractivity contribution is -0.116. The third-order valence-corrected chi connectivity index (χ3v) is 4.72. The molecule has 0 saturated heterocycles. The summed E-state index contributed by atoms with van der Waals surface area (Å²) in [5.74, 6) is -2.09. The van der Waals surface area contributed by atoms with Crippen molar-refractivity contribution in [2.24, 2.45) is 0 Å². The number of amides is 1. The molecular weight excluding hydrogens is 364 g/mol. The maximum absolute atomic E-state index is 13.9. The highest BCUT2D eigenvalue weighted by Crippen LogP contribution is 2.24. The molecule has 2 heterocycles. The zero-order chi connectivity index (χ0) is 20.6. The van der Waals surface area contributed by atoms with Gasteiger partial charge >= 0.3 is 0 Å². The molecule has 0 saturated carbocycles. The van der Waals surface area contributed by atoms with E-state index in [1.54, 1.807) is 33.0 Å². The van der Waals surface area contributed by atoms with Gasteiger partial charge in [0.15, 0.2) is 0 Å². The standard InChI is InChI=1S/C21H19F2N3O2/c1-10-18(21(28)26-17-7-8-24-13(4)19(10)17)11(2)20(27)25-12(3)15-6-5-14(22)9-16(15)23/h5-9,12H,2H2,1,3-4H3,(H,25,27)(H,26,28)/t12-/m0/s1. The molecule has 144 valence electrons. The molecule has 2 N–H and O–H groups in total. The fourth-order valence-electron chi connectivity index (χ4n) is 3.32. The molecular formula is C21H19F2N3O2. The number of nitrogens with zero attached hydrogens (tertiary/aromatic N) is 1. The number of carbonyl (C=O) groups is 1. The van der Waals surface area contributed by atoms with Crippen molar-refractivity contribution in [2.75, 3.05) is 0 Å². The first-order chi connectivity index (χ1) is 13.2. The fraction of sp³-hybridized carbons (Fsp3) is 0.190. The first-order valence-electron chi connectivity index (χ1n) is 8.64. The number of aryl methyl sites for hydroxylation is 2. The third kappa shape index (κ3) is 3.43. The summed E-state index contributed by atoms with van der Waals surface area (Å²) in [6.07, 6.45) is 1.59. The highest BCUT2D eigenvalue weighted by Gasteiger charge is 2.21. The van der Waals surface area contributed by atoms with Crippen molar-refractivity contribution in [2.45, 2.75) is 26.8 Å². The van der Waals surface area contributed by atoms with Gasteiger partial charge in [-0.3, -0.25) is 14.6 Å². The van der Waals surface area contributed by atoms with Crippen molar-refractivity contribution in [3.8, 4) is 0 Å². The molecule has 7 heteroatoms. The SMILES string of the molecule is C=C(C(=O)N[C@@H](C)c1ccc(F)cc1F)c1c(C)c2c(C)nccc2[nH]c1=O. The molecule has 0 aliphatic heterocycles. The van der Waals surface area contributed by atoms with Crippen LogP contribution in [0, 0.1) is 25.5 Å². The molecule has 0 unspecified atom stereocenters. The Kier molecular flexibility index (Phi) is 5.09. The largest absolute Gasteiger partial charge is 0.345 e. The average molecular weight is 383 g/mol. The molecule has 3 aromatic rings. The number of nitrogens with one attached hydrogen (secondary N) is 2. The van der Waals surface area contributed by atoms with Gasteiger partial charge < -0.3 is 10.3 Å². The second kappa shape index (κ2) is 7.34. The molecule has 1 atom stereocenters. The number of pyridine rings is 2. The monoisotopic (exact) mass is 383 g/mol. The molecule has 0 fully saturated rings. The Labute approximate surface area is 160 Å². The van der Waals surface area contributed by atoms with Gasteiger partial charge in [0.25, 0.3) is 11.5 Å². The molecule has 0 radical (unpaired) electrons. The smallest absolute Gasteiger partial charge is 0.256 e. The van der Waals surface area contributed by atoms with Crippen molar-refractivity contribution < 1.29 is 13.6 Å². The van der Waals surface area contributed by atoms with E-state index in [0.717, 1.165) is 17.5 Å². The molecule has 0 aliphatic carbocycles. The number of H-pyrrole nitrogens is 1. The average Bonchev–Trinajstić information content (AvgIpc) is 2.61. The maximum Gasteiger partial charge on any atom is 0.256 e. The second-order valence-corrected chi connectivity index (χ2v) is 6.61. The lowest BCUT2D eigenvalue weighted by Gasteiger charge is -2.17.